The first-order chi connectivity index (χ1) is 13.3. The molecule has 0 unspecified atom stereocenters. The Balaban J connectivity index is 1.33. The summed E-state index contributed by atoms with van der Waals surface area (Å²) in [4.78, 5) is 7.78. The summed E-state index contributed by atoms with van der Waals surface area (Å²) in [6, 6.07) is 16.7. The number of rotatable bonds is 7. The molecule has 0 aliphatic heterocycles. The Labute approximate surface area is 158 Å². The number of aryl methyl sites for hydroxylation is 1. The smallest absolute Gasteiger partial charge is 0.244 e. The van der Waals surface area contributed by atoms with Gasteiger partial charge in [0.2, 0.25) is 5.95 Å². The molecule has 6 nitrogen and oxygen atoms in total. The average Bonchev–Trinajstić information content (AvgIpc) is 3.11. The van der Waals surface area contributed by atoms with Crippen LogP contribution in [0.5, 0.6) is 0 Å². The van der Waals surface area contributed by atoms with Crippen molar-refractivity contribution in [3.63, 3.8) is 0 Å². The van der Waals surface area contributed by atoms with Crippen molar-refractivity contribution >= 4 is 22.7 Å². The fraction of sp³-hybridized carbons (Fsp3) is 0.190. The standard InChI is InChI=1S/C21H22N6/c1-15-6-8-16(9-7-15)12-24-20-14-25-27-21(26-20)22-11-10-17-13-23-19-5-3-2-4-18(17)19/h2-9,13-14,23H,10-12H2,1H3,(H2,22,24,26,27). The molecule has 27 heavy (non-hydrogen) atoms. The second kappa shape index (κ2) is 7.86. The van der Waals surface area contributed by atoms with Crippen LogP contribution in [-0.2, 0) is 13.0 Å². The molecule has 0 radical (unpaired) electrons. The van der Waals surface area contributed by atoms with E-state index in [0.29, 0.717) is 18.3 Å². The van der Waals surface area contributed by atoms with Crippen LogP contribution in [0.15, 0.2) is 60.9 Å². The summed E-state index contributed by atoms with van der Waals surface area (Å²) < 4.78 is 0. The number of hydrogen-bond donors (Lipinski definition) is 3. The van der Waals surface area contributed by atoms with Crippen LogP contribution < -0.4 is 10.6 Å². The number of nitrogens with one attached hydrogen (secondary N) is 3. The number of aromatic nitrogens is 4. The molecule has 4 rings (SSSR count). The van der Waals surface area contributed by atoms with E-state index in [4.69, 9.17) is 0 Å². The molecule has 2 heterocycles. The molecular formula is C21H22N6. The minimum absolute atomic E-state index is 0.531. The summed E-state index contributed by atoms with van der Waals surface area (Å²) >= 11 is 0. The fourth-order valence-corrected chi connectivity index (χ4v) is 3.01. The van der Waals surface area contributed by atoms with Crippen LogP contribution in [0.1, 0.15) is 16.7 Å². The van der Waals surface area contributed by atoms with E-state index in [1.54, 1.807) is 6.20 Å². The number of anilines is 2. The lowest BCUT2D eigenvalue weighted by atomic mass is 10.1. The van der Waals surface area contributed by atoms with Gasteiger partial charge in [0.25, 0.3) is 0 Å². The molecular weight excluding hydrogens is 336 g/mol. The number of para-hydroxylation sites is 1. The highest BCUT2D eigenvalue weighted by atomic mass is 15.3. The molecule has 3 N–H and O–H groups in total. The predicted molar refractivity (Wildman–Crippen MR) is 109 cm³/mol. The van der Waals surface area contributed by atoms with Crippen LogP contribution in [0.4, 0.5) is 11.8 Å². The van der Waals surface area contributed by atoms with E-state index < -0.39 is 0 Å². The lowest BCUT2D eigenvalue weighted by Crippen LogP contribution is -2.10. The quantitative estimate of drug-likeness (QED) is 0.466. The van der Waals surface area contributed by atoms with Gasteiger partial charge in [0.05, 0.1) is 6.20 Å². The van der Waals surface area contributed by atoms with E-state index in [9.17, 15) is 0 Å². The number of nitrogens with zero attached hydrogens (tertiary/aromatic N) is 3. The Kier molecular flexibility index (Phi) is 4.96. The molecule has 2 aromatic carbocycles. The highest BCUT2D eigenvalue weighted by Gasteiger charge is 2.04. The molecule has 2 aromatic heterocycles. The first-order valence-electron chi connectivity index (χ1n) is 9.06. The minimum atomic E-state index is 0.531. The normalized spacial score (nSPS) is 10.9. The summed E-state index contributed by atoms with van der Waals surface area (Å²) in [5.74, 6) is 1.24. The summed E-state index contributed by atoms with van der Waals surface area (Å²) in [5, 5.41) is 15.9. The zero-order valence-corrected chi connectivity index (χ0v) is 15.2. The lowest BCUT2D eigenvalue weighted by molar-refractivity contribution is 0.923. The molecule has 4 aromatic rings. The van der Waals surface area contributed by atoms with Gasteiger partial charge >= 0.3 is 0 Å². The van der Waals surface area contributed by atoms with Gasteiger partial charge in [0, 0.05) is 30.2 Å². The van der Waals surface area contributed by atoms with Crippen molar-refractivity contribution in [3.8, 4) is 0 Å². The number of hydrogen-bond acceptors (Lipinski definition) is 5. The van der Waals surface area contributed by atoms with Gasteiger partial charge in [-0.05, 0) is 30.5 Å². The average molecular weight is 358 g/mol. The third kappa shape index (κ3) is 4.23. The molecule has 0 aliphatic carbocycles. The monoisotopic (exact) mass is 358 g/mol. The molecule has 0 amide bonds. The van der Waals surface area contributed by atoms with Crippen LogP contribution in [0.2, 0.25) is 0 Å². The van der Waals surface area contributed by atoms with Gasteiger partial charge in [-0.3, -0.25) is 0 Å². The van der Waals surface area contributed by atoms with Crippen LogP contribution in [0, 0.1) is 6.92 Å². The maximum Gasteiger partial charge on any atom is 0.244 e. The van der Waals surface area contributed by atoms with Crippen molar-refractivity contribution in [1.29, 1.82) is 0 Å². The van der Waals surface area contributed by atoms with Crippen molar-refractivity contribution in [2.45, 2.75) is 19.9 Å². The Morgan fingerprint density at radius 3 is 2.74 bits per heavy atom. The van der Waals surface area contributed by atoms with Crippen LogP contribution in [0.3, 0.4) is 0 Å². The van der Waals surface area contributed by atoms with Crippen LogP contribution in [0.25, 0.3) is 10.9 Å². The zero-order chi connectivity index (χ0) is 18.5. The highest BCUT2D eigenvalue weighted by molar-refractivity contribution is 5.83. The second-order valence-electron chi connectivity index (χ2n) is 6.54. The second-order valence-corrected chi connectivity index (χ2v) is 6.54. The van der Waals surface area contributed by atoms with E-state index in [2.05, 4.69) is 86.4 Å². The number of H-pyrrole nitrogens is 1. The van der Waals surface area contributed by atoms with Crippen LogP contribution in [-0.4, -0.2) is 26.7 Å². The van der Waals surface area contributed by atoms with Crippen molar-refractivity contribution in [2.24, 2.45) is 0 Å². The molecule has 0 aliphatic rings. The predicted octanol–water partition coefficient (Wildman–Crippen LogP) is 3.93. The summed E-state index contributed by atoms with van der Waals surface area (Å²) in [6.07, 6.45) is 4.58. The third-order valence-electron chi connectivity index (χ3n) is 4.51. The van der Waals surface area contributed by atoms with Crippen LogP contribution >= 0.6 is 0 Å². The first-order valence-corrected chi connectivity index (χ1v) is 9.06. The van der Waals surface area contributed by atoms with Crippen molar-refractivity contribution in [3.05, 3.63) is 77.6 Å². The van der Waals surface area contributed by atoms with Gasteiger partial charge < -0.3 is 15.6 Å². The minimum Gasteiger partial charge on any atom is -0.365 e. The number of benzene rings is 2. The van der Waals surface area contributed by atoms with Gasteiger partial charge in [-0.1, -0.05) is 48.0 Å². The molecule has 0 bridgehead atoms. The van der Waals surface area contributed by atoms with E-state index >= 15 is 0 Å². The lowest BCUT2D eigenvalue weighted by Gasteiger charge is -2.08. The van der Waals surface area contributed by atoms with Gasteiger partial charge in [0.1, 0.15) is 0 Å². The first kappa shape index (κ1) is 17.0. The topological polar surface area (TPSA) is 78.5 Å². The molecule has 0 atom stereocenters. The largest absolute Gasteiger partial charge is 0.365 e. The Morgan fingerprint density at radius 2 is 1.85 bits per heavy atom. The maximum absolute atomic E-state index is 4.48. The number of aromatic amines is 1. The van der Waals surface area contributed by atoms with Crippen molar-refractivity contribution < 1.29 is 0 Å². The maximum atomic E-state index is 4.48. The summed E-state index contributed by atoms with van der Waals surface area (Å²) in [6.45, 7) is 3.53. The van der Waals surface area contributed by atoms with Gasteiger partial charge in [-0.2, -0.15) is 10.1 Å². The van der Waals surface area contributed by atoms with Gasteiger partial charge in [0.15, 0.2) is 5.82 Å². The van der Waals surface area contributed by atoms with E-state index in [1.807, 2.05) is 6.07 Å². The molecule has 0 saturated carbocycles. The summed E-state index contributed by atoms with van der Waals surface area (Å²) in [7, 11) is 0. The third-order valence-corrected chi connectivity index (χ3v) is 4.51. The molecule has 0 spiro atoms. The van der Waals surface area contributed by atoms with E-state index in [0.717, 1.165) is 18.5 Å². The molecule has 136 valence electrons. The van der Waals surface area contributed by atoms with Gasteiger partial charge in [-0.15, -0.1) is 5.10 Å². The zero-order valence-electron chi connectivity index (χ0n) is 15.2. The van der Waals surface area contributed by atoms with Crippen molar-refractivity contribution in [1.82, 2.24) is 20.2 Å². The molecule has 6 heteroatoms. The SMILES string of the molecule is Cc1ccc(CNc2cnnc(NCCc3c[nH]c4ccccc34)n2)cc1. The Hall–Kier alpha value is -3.41. The Morgan fingerprint density at radius 1 is 1.00 bits per heavy atom. The fourth-order valence-electron chi connectivity index (χ4n) is 3.01. The number of fused-ring (bicyclic) bond motifs is 1. The molecule has 0 saturated heterocycles. The molecule has 0 fully saturated rings. The van der Waals surface area contributed by atoms with Gasteiger partial charge in [-0.25, -0.2) is 0 Å². The highest BCUT2D eigenvalue weighted by Crippen LogP contribution is 2.18. The van der Waals surface area contributed by atoms with E-state index in [1.165, 1.54) is 22.1 Å². The Bertz CT molecular complexity index is 1020. The summed E-state index contributed by atoms with van der Waals surface area (Å²) in [5.41, 5.74) is 4.89. The van der Waals surface area contributed by atoms with Crippen molar-refractivity contribution in [2.75, 3.05) is 17.2 Å². The van der Waals surface area contributed by atoms with E-state index in [-0.39, 0.29) is 0 Å².